The molecule has 5 nitrogen and oxygen atoms in total. The number of para-hydroxylation sites is 3. The summed E-state index contributed by atoms with van der Waals surface area (Å²) in [6.45, 7) is 0. The molecule has 0 fully saturated rings. The largest absolute Gasteiger partial charge is 0.471 e. The van der Waals surface area contributed by atoms with E-state index >= 15 is 0 Å². The standard InChI is InChI=1S/C44H28N4O/c1-3-11-29(12-4-1)32-25-45-44(46-26-32)48-41-18-10-8-16-35(41)37-24-31(20-22-43(37)48)39-28-49-27-38(39)30-19-21-42-36(23-30)34-15-7-9-17-40(34)47(42)33-13-5-2-6-14-33/h1-28H. The van der Waals surface area contributed by atoms with Crippen LogP contribution in [-0.2, 0) is 0 Å². The van der Waals surface area contributed by atoms with E-state index in [2.05, 4.69) is 137 Å². The first-order valence-electron chi connectivity index (χ1n) is 16.4. The number of rotatable bonds is 5. The summed E-state index contributed by atoms with van der Waals surface area (Å²) in [6.07, 6.45) is 7.53. The van der Waals surface area contributed by atoms with E-state index in [0.29, 0.717) is 5.95 Å². The molecule has 0 amide bonds. The van der Waals surface area contributed by atoms with E-state index in [9.17, 15) is 0 Å². The predicted octanol–water partition coefficient (Wildman–Crippen LogP) is 11.3. The molecule has 230 valence electrons. The predicted molar refractivity (Wildman–Crippen MR) is 199 cm³/mol. The third-order valence-electron chi connectivity index (χ3n) is 9.59. The molecule has 4 heterocycles. The zero-order valence-corrected chi connectivity index (χ0v) is 26.4. The molecule has 5 heteroatoms. The van der Waals surface area contributed by atoms with Gasteiger partial charge in [0.2, 0.25) is 5.95 Å². The first kappa shape index (κ1) is 27.4. The summed E-state index contributed by atoms with van der Waals surface area (Å²) >= 11 is 0. The van der Waals surface area contributed by atoms with Crippen LogP contribution >= 0.6 is 0 Å². The Hall–Kier alpha value is -6.72. The van der Waals surface area contributed by atoms with Gasteiger partial charge in [0, 0.05) is 56.3 Å². The van der Waals surface area contributed by atoms with E-state index in [0.717, 1.165) is 60.9 Å². The average molecular weight is 629 g/mol. The lowest BCUT2D eigenvalue weighted by atomic mass is 9.96. The van der Waals surface area contributed by atoms with E-state index in [4.69, 9.17) is 14.4 Å². The highest BCUT2D eigenvalue weighted by molar-refractivity contribution is 6.12. The maximum atomic E-state index is 5.92. The second-order valence-corrected chi connectivity index (χ2v) is 12.3. The van der Waals surface area contributed by atoms with Crippen LogP contribution in [0.15, 0.2) is 175 Å². The summed E-state index contributed by atoms with van der Waals surface area (Å²) in [5.74, 6) is 0.644. The minimum absolute atomic E-state index is 0.644. The number of benzene rings is 6. The minimum Gasteiger partial charge on any atom is -0.471 e. The second kappa shape index (κ2) is 10.9. The molecule has 0 saturated carbocycles. The van der Waals surface area contributed by atoms with Crippen molar-refractivity contribution < 1.29 is 4.42 Å². The van der Waals surface area contributed by atoms with Crippen LogP contribution in [0.2, 0.25) is 0 Å². The van der Waals surface area contributed by atoms with Crippen molar-refractivity contribution in [2.75, 3.05) is 0 Å². The van der Waals surface area contributed by atoms with Crippen LogP contribution in [0.3, 0.4) is 0 Å². The lowest BCUT2D eigenvalue weighted by Crippen LogP contribution is -2.00. The van der Waals surface area contributed by atoms with E-state index in [1.165, 1.54) is 21.8 Å². The molecule has 0 N–H and O–H groups in total. The Balaban J connectivity index is 1.10. The molecule has 0 saturated heterocycles. The fraction of sp³-hybridized carbons (Fsp3) is 0. The number of aromatic nitrogens is 4. The number of hydrogen-bond donors (Lipinski definition) is 0. The highest BCUT2D eigenvalue weighted by atomic mass is 16.3. The quantitative estimate of drug-likeness (QED) is 0.191. The van der Waals surface area contributed by atoms with Gasteiger partial charge in [0.15, 0.2) is 0 Å². The number of furan rings is 1. The molecule has 6 aromatic carbocycles. The molecular formula is C44H28N4O. The SMILES string of the molecule is c1ccc(-c2cnc(-n3c4ccccc4c4cc(-c5cocc5-c5ccc6c(c5)c5ccccc5n6-c5ccccc5)ccc43)nc2)cc1. The summed E-state index contributed by atoms with van der Waals surface area (Å²) in [5, 5.41) is 4.72. The van der Waals surface area contributed by atoms with Gasteiger partial charge in [-0.2, -0.15) is 0 Å². The van der Waals surface area contributed by atoms with Crippen molar-refractivity contribution in [3.05, 3.63) is 171 Å². The van der Waals surface area contributed by atoms with Crippen LogP contribution in [0.4, 0.5) is 0 Å². The third kappa shape index (κ3) is 4.33. The molecule has 0 atom stereocenters. The first-order valence-corrected chi connectivity index (χ1v) is 16.4. The van der Waals surface area contributed by atoms with Gasteiger partial charge in [-0.25, -0.2) is 9.97 Å². The first-order chi connectivity index (χ1) is 24.3. The van der Waals surface area contributed by atoms with Crippen LogP contribution in [0, 0.1) is 0 Å². The van der Waals surface area contributed by atoms with Gasteiger partial charge >= 0.3 is 0 Å². The Morgan fingerprint density at radius 2 is 0.878 bits per heavy atom. The van der Waals surface area contributed by atoms with Crippen LogP contribution in [0.5, 0.6) is 0 Å². The number of hydrogen-bond acceptors (Lipinski definition) is 3. The Morgan fingerprint density at radius 1 is 0.388 bits per heavy atom. The molecule has 0 aliphatic heterocycles. The molecule has 0 radical (unpaired) electrons. The minimum atomic E-state index is 0.644. The van der Waals surface area contributed by atoms with Gasteiger partial charge in [-0.1, -0.05) is 97.1 Å². The molecule has 4 aromatic heterocycles. The van der Waals surface area contributed by atoms with Crippen LogP contribution < -0.4 is 0 Å². The summed E-state index contributed by atoms with van der Waals surface area (Å²) in [6, 6.07) is 51.2. The second-order valence-electron chi connectivity index (χ2n) is 12.3. The fourth-order valence-corrected chi connectivity index (χ4v) is 7.31. The van der Waals surface area contributed by atoms with E-state index < -0.39 is 0 Å². The Bertz CT molecular complexity index is 2810. The Kier molecular flexibility index (Phi) is 6.11. The van der Waals surface area contributed by atoms with Crippen molar-refractivity contribution in [3.63, 3.8) is 0 Å². The molecule has 0 aliphatic carbocycles. The molecule has 49 heavy (non-hydrogen) atoms. The highest BCUT2D eigenvalue weighted by Crippen LogP contribution is 2.40. The van der Waals surface area contributed by atoms with Gasteiger partial charge < -0.3 is 8.98 Å². The third-order valence-corrected chi connectivity index (χ3v) is 9.59. The summed E-state index contributed by atoms with van der Waals surface area (Å²) < 4.78 is 10.4. The Labute approximate surface area is 282 Å². The smallest absolute Gasteiger partial charge is 0.234 e. The van der Waals surface area contributed by atoms with Gasteiger partial charge in [-0.3, -0.25) is 4.57 Å². The summed E-state index contributed by atoms with van der Waals surface area (Å²) in [7, 11) is 0. The average Bonchev–Trinajstić information content (AvgIpc) is 3.88. The molecular weight excluding hydrogens is 601 g/mol. The molecule has 10 rings (SSSR count). The fourth-order valence-electron chi connectivity index (χ4n) is 7.31. The summed E-state index contributed by atoms with van der Waals surface area (Å²) in [5.41, 5.74) is 12.0. The van der Waals surface area contributed by atoms with Gasteiger partial charge in [0.05, 0.1) is 34.6 Å². The van der Waals surface area contributed by atoms with Crippen molar-refractivity contribution >= 4 is 43.6 Å². The van der Waals surface area contributed by atoms with Crippen molar-refractivity contribution in [2.24, 2.45) is 0 Å². The van der Waals surface area contributed by atoms with Crippen LogP contribution in [0.25, 0.3) is 88.6 Å². The molecule has 0 aliphatic rings. The number of nitrogens with zero attached hydrogens (tertiary/aromatic N) is 4. The van der Waals surface area contributed by atoms with Crippen molar-refractivity contribution in [2.45, 2.75) is 0 Å². The monoisotopic (exact) mass is 628 g/mol. The lowest BCUT2D eigenvalue weighted by Gasteiger charge is -2.09. The molecule has 0 spiro atoms. The molecule has 0 unspecified atom stereocenters. The van der Waals surface area contributed by atoms with E-state index in [1.807, 2.05) is 43.1 Å². The van der Waals surface area contributed by atoms with Gasteiger partial charge in [-0.15, -0.1) is 0 Å². The van der Waals surface area contributed by atoms with E-state index in [1.54, 1.807) is 0 Å². The van der Waals surface area contributed by atoms with Crippen molar-refractivity contribution in [1.82, 2.24) is 19.1 Å². The highest BCUT2D eigenvalue weighted by Gasteiger charge is 2.19. The van der Waals surface area contributed by atoms with Crippen molar-refractivity contribution in [1.29, 1.82) is 0 Å². The molecule has 10 aromatic rings. The van der Waals surface area contributed by atoms with Gasteiger partial charge in [0.25, 0.3) is 0 Å². The summed E-state index contributed by atoms with van der Waals surface area (Å²) in [4.78, 5) is 9.65. The number of fused-ring (bicyclic) bond motifs is 6. The molecule has 0 bridgehead atoms. The zero-order valence-electron chi connectivity index (χ0n) is 26.4. The van der Waals surface area contributed by atoms with Crippen molar-refractivity contribution in [3.8, 4) is 45.0 Å². The maximum absolute atomic E-state index is 5.92. The lowest BCUT2D eigenvalue weighted by molar-refractivity contribution is 0.569. The Morgan fingerprint density at radius 3 is 1.49 bits per heavy atom. The van der Waals surface area contributed by atoms with Crippen LogP contribution in [0.1, 0.15) is 0 Å². The topological polar surface area (TPSA) is 48.8 Å². The normalized spacial score (nSPS) is 11.7. The zero-order chi connectivity index (χ0) is 32.3. The van der Waals surface area contributed by atoms with Gasteiger partial charge in [-0.05, 0) is 65.2 Å². The van der Waals surface area contributed by atoms with Gasteiger partial charge in [0.1, 0.15) is 0 Å². The maximum Gasteiger partial charge on any atom is 0.234 e. The van der Waals surface area contributed by atoms with E-state index in [-0.39, 0.29) is 0 Å². The van der Waals surface area contributed by atoms with Crippen LogP contribution in [-0.4, -0.2) is 19.1 Å².